The lowest BCUT2D eigenvalue weighted by atomic mass is 10.1. The third-order valence-corrected chi connectivity index (χ3v) is 4.52. The molecule has 0 aromatic carbocycles. The molecule has 0 amide bonds. The number of aromatic amines is 1. The summed E-state index contributed by atoms with van der Waals surface area (Å²) in [4.78, 5) is 16.2. The number of aryl methyl sites for hydroxylation is 1. The molecule has 0 unspecified atom stereocenters. The van der Waals surface area contributed by atoms with Crippen LogP contribution in [0.25, 0.3) is 11.4 Å². The molecule has 0 saturated heterocycles. The van der Waals surface area contributed by atoms with Crippen molar-refractivity contribution >= 4 is 56.4 Å². The Morgan fingerprint density at radius 3 is 2.54 bits per heavy atom. The highest BCUT2D eigenvalue weighted by Gasteiger charge is 2.07. The van der Waals surface area contributed by atoms with Crippen molar-refractivity contribution in [2.45, 2.75) is 58.8 Å². The lowest BCUT2D eigenvalue weighted by molar-refractivity contribution is 0.593. The van der Waals surface area contributed by atoms with E-state index in [2.05, 4.69) is 32.2 Å². The summed E-state index contributed by atoms with van der Waals surface area (Å²) in [5.74, 6) is 1.31. The number of aliphatic imine (C=N–C) groups is 1. The first-order valence-corrected chi connectivity index (χ1v) is 9.61. The molecule has 6 nitrogen and oxygen atoms in total. The number of H-pyrrole nitrogens is 1. The van der Waals surface area contributed by atoms with Crippen molar-refractivity contribution in [3.63, 3.8) is 0 Å². The van der Waals surface area contributed by atoms with Gasteiger partial charge < -0.3 is 16.0 Å². The fourth-order valence-corrected chi connectivity index (χ4v) is 3.14. The summed E-state index contributed by atoms with van der Waals surface area (Å²) in [5, 5.41) is 5.78. The van der Waals surface area contributed by atoms with Crippen LogP contribution >= 0.6 is 45.3 Å². The van der Waals surface area contributed by atoms with E-state index in [1.807, 2.05) is 12.3 Å². The number of thiazole rings is 1. The van der Waals surface area contributed by atoms with Crippen LogP contribution in [0.15, 0.2) is 16.6 Å². The molecule has 0 atom stereocenters. The molecule has 2 rings (SSSR count). The smallest absolute Gasteiger partial charge is 0.194 e. The number of hydrogen-bond donors (Lipinski definition) is 3. The number of aromatic nitrogens is 3. The fourth-order valence-electron chi connectivity index (χ4n) is 2.42. The number of hydrogen-bond acceptors (Lipinski definition) is 4. The Balaban J connectivity index is 0.00000312. The van der Waals surface area contributed by atoms with Gasteiger partial charge in [0.2, 0.25) is 0 Å². The summed E-state index contributed by atoms with van der Waals surface area (Å²) >= 11 is 1.51. The Morgan fingerprint density at radius 1 is 1.19 bits per heavy atom. The van der Waals surface area contributed by atoms with E-state index in [1.165, 1.54) is 49.9 Å². The van der Waals surface area contributed by atoms with Gasteiger partial charge in [-0.3, -0.25) is 4.99 Å². The van der Waals surface area contributed by atoms with Crippen molar-refractivity contribution < 1.29 is 0 Å². The van der Waals surface area contributed by atoms with E-state index in [0.717, 1.165) is 35.3 Å². The van der Waals surface area contributed by atoms with Gasteiger partial charge in [0.05, 0.1) is 11.9 Å². The molecule has 0 saturated carbocycles. The van der Waals surface area contributed by atoms with Gasteiger partial charge in [0.15, 0.2) is 11.1 Å². The Kier molecular flexibility index (Phi) is 13.7. The van der Waals surface area contributed by atoms with Crippen molar-refractivity contribution in [2.24, 2.45) is 10.7 Å². The molecule has 0 fully saturated rings. The lowest BCUT2D eigenvalue weighted by Gasteiger charge is -2.02. The number of nitrogens with two attached hydrogens (primary N) is 1. The average Bonchev–Trinajstić information content (AvgIpc) is 3.19. The lowest BCUT2D eigenvalue weighted by Crippen LogP contribution is -2.22. The van der Waals surface area contributed by atoms with Gasteiger partial charge in [-0.2, -0.15) is 0 Å². The van der Waals surface area contributed by atoms with Gasteiger partial charge in [-0.25, -0.2) is 9.97 Å². The van der Waals surface area contributed by atoms with Gasteiger partial charge in [-0.05, 0) is 13.3 Å². The largest absolute Gasteiger partial charge is 0.370 e. The maximum atomic E-state index is 5.92. The maximum Gasteiger partial charge on any atom is 0.194 e. The van der Waals surface area contributed by atoms with Crippen LogP contribution < -0.4 is 11.1 Å². The summed E-state index contributed by atoms with van der Waals surface area (Å²) < 4.78 is 0. The van der Waals surface area contributed by atoms with Crippen LogP contribution in [0.3, 0.4) is 0 Å². The summed E-state index contributed by atoms with van der Waals surface area (Å²) in [5.41, 5.74) is 7.70. The monoisotopic (exact) mass is 508 g/mol. The SMILES string of the molecule is Br.Br.CCCCCCCCCN=C(N)Nc1nc(-c2cnc(C)[nH]2)cs1. The van der Waals surface area contributed by atoms with Crippen LogP contribution in [0.2, 0.25) is 0 Å². The minimum Gasteiger partial charge on any atom is -0.370 e. The van der Waals surface area contributed by atoms with E-state index in [1.54, 1.807) is 6.20 Å². The van der Waals surface area contributed by atoms with Gasteiger partial charge in [-0.15, -0.1) is 45.3 Å². The molecule has 0 radical (unpaired) electrons. The van der Waals surface area contributed by atoms with Gasteiger partial charge in [0.1, 0.15) is 11.5 Å². The first kappa shape index (κ1) is 25.1. The number of nitrogens with one attached hydrogen (secondary N) is 2. The minimum atomic E-state index is 0. The zero-order chi connectivity index (χ0) is 17.2. The molecule has 0 aliphatic rings. The minimum absolute atomic E-state index is 0. The average molecular weight is 510 g/mol. The number of nitrogens with zero attached hydrogens (tertiary/aromatic N) is 3. The number of unbranched alkanes of at least 4 members (excludes halogenated alkanes) is 6. The first-order valence-electron chi connectivity index (χ1n) is 8.73. The normalized spacial score (nSPS) is 10.9. The Labute approximate surface area is 181 Å². The van der Waals surface area contributed by atoms with Crippen molar-refractivity contribution in [3.05, 3.63) is 17.4 Å². The Morgan fingerprint density at radius 2 is 1.88 bits per heavy atom. The van der Waals surface area contributed by atoms with Crippen LogP contribution in [-0.4, -0.2) is 27.5 Å². The summed E-state index contributed by atoms with van der Waals surface area (Å²) in [6, 6.07) is 0. The van der Waals surface area contributed by atoms with Crippen LogP contribution in [0, 0.1) is 6.92 Å². The molecule has 9 heteroatoms. The second-order valence-electron chi connectivity index (χ2n) is 5.93. The molecule has 2 aromatic heterocycles. The van der Waals surface area contributed by atoms with E-state index < -0.39 is 0 Å². The molecule has 0 aliphatic heterocycles. The molecular formula is C17H30Br2N6S. The van der Waals surface area contributed by atoms with Crippen LogP contribution in [0.1, 0.15) is 57.7 Å². The molecule has 2 heterocycles. The Hall–Kier alpha value is -0.930. The molecule has 0 bridgehead atoms. The van der Waals surface area contributed by atoms with Crippen molar-refractivity contribution in [1.82, 2.24) is 15.0 Å². The zero-order valence-corrected chi connectivity index (χ0v) is 19.7. The van der Waals surface area contributed by atoms with E-state index in [4.69, 9.17) is 5.73 Å². The summed E-state index contributed by atoms with van der Waals surface area (Å²) in [6.45, 7) is 4.93. The molecule has 0 aliphatic carbocycles. The van der Waals surface area contributed by atoms with Crippen LogP contribution in [0.4, 0.5) is 5.13 Å². The second kappa shape index (κ2) is 14.2. The highest BCUT2D eigenvalue weighted by molar-refractivity contribution is 8.93. The second-order valence-corrected chi connectivity index (χ2v) is 6.79. The maximum absolute atomic E-state index is 5.92. The highest BCUT2D eigenvalue weighted by atomic mass is 79.9. The van der Waals surface area contributed by atoms with E-state index in [9.17, 15) is 0 Å². The van der Waals surface area contributed by atoms with Crippen molar-refractivity contribution in [3.8, 4) is 11.4 Å². The predicted molar refractivity (Wildman–Crippen MR) is 123 cm³/mol. The molecule has 4 N–H and O–H groups in total. The summed E-state index contributed by atoms with van der Waals surface area (Å²) in [7, 11) is 0. The molecule has 26 heavy (non-hydrogen) atoms. The first-order chi connectivity index (χ1) is 11.7. The highest BCUT2D eigenvalue weighted by Crippen LogP contribution is 2.23. The molecule has 2 aromatic rings. The quantitative estimate of drug-likeness (QED) is 0.225. The third-order valence-electron chi connectivity index (χ3n) is 3.76. The van der Waals surface area contributed by atoms with E-state index in [0.29, 0.717) is 5.96 Å². The zero-order valence-electron chi connectivity index (χ0n) is 15.5. The van der Waals surface area contributed by atoms with Crippen molar-refractivity contribution in [1.29, 1.82) is 0 Å². The molecule has 148 valence electrons. The van der Waals surface area contributed by atoms with Gasteiger partial charge in [0.25, 0.3) is 0 Å². The molecule has 0 spiro atoms. The van der Waals surface area contributed by atoms with Gasteiger partial charge in [0, 0.05) is 11.9 Å². The molecular weight excluding hydrogens is 480 g/mol. The number of halogens is 2. The number of guanidine groups is 1. The number of anilines is 1. The summed E-state index contributed by atoms with van der Waals surface area (Å²) in [6.07, 6.45) is 10.7. The van der Waals surface area contributed by atoms with E-state index in [-0.39, 0.29) is 34.0 Å². The third kappa shape index (κ3) is 9.14. The topological polar surface area (TPSA) is 92.0 Å². The van der Waals surface area contributed by atoms with Crippen LogP contribution in [0.5, 0.6) is 0 Å². The Bertz CT molecular complexity index is 641. The number of imidazole rings is 1. The van der Waals surface area contributed by atoms with Crippen molar-refractivity contribution in [2.75, 3.05) is 11.9 Å². The van der Waals surface area contributed by atoms with Gasteiger partial charge >= 0.3 is 0 Å². The standard InChI is InChI=1S/C17H28N6S.2BrH/c1-3-4-5-6-7-8-9-10-19-16(18)23-17-22-15(12-24-17)14-11-20-13(2)21-14;;/h11-12H,3-10H2,1-2H3,(H,20,21)(H3,18,19,22,23);2*1H. The van der Waals surface area contributed by atoms with Gasteiger partial charge in [-0.1, -0.05) is 45.4 Å². The van der Waals surface area contributed by atoms with E-state index >= 15 is 0 Å². The number of rotatable bonds is 10. The fraction of sp³-hybridized carbons (Fsp3) is 0.588. The van der Waals surface area contributed by atoms with Crippen LogP contribution in [-0.2, 0) is 0 Å². The predicted octanol–water partition coefficient (Wildman–Crippen LogP) is 5.47.